The van der Waals surface area contributed by atoms with E-state index in [4.69, 9.17) is 19.3 Å². The standard InChI is InChI=1S/C15H22O9/c1-3-7-6(2)8(13(20)21)5-22-14(7)24-15-12(19)11(18)10(17)9(4-16)23-15/h3,5-6,9-12,14-19H,4H2,1-2H3,(H,20,21)/b7-3+/t6?,9-,10-,11+,12-,14+,15+/m1/s1. The van der Waals surface area contributed by atoms with E-state index in [0.29, 0.717) is 5.57 Å². The number of aliphatic hydroxyl groups is 4. The van der Waals surface area contributed by atoms with Gasteiger partial charge in [-0.3, -0.25) is 0 Å². The minimum absolute atomic E-state index is 0.0525. The smallest absolute Gasteiger partial charge is 0.335 e. The fourth-order valence-electron chi connectivity index (χ4n) is 2.73. The van der Waals surface area contributed by atoms with E-state index in [-0.39, 0.29) is 5.57 Å². The van der Waals surface area contributed by atoms with E-state index in [1.165, 1.54) is 0 Å². The third kappa shape index (κ3) is 3.46. The molecule has 2 aliphatic rings. The predicted molar refractivity (Wildman–Crippen MR) is 78.4 cm³/mol. The van der Waals surface area contributed by atoms with E-state index in [0.717, 1.165) is 6.26 Å². The summed E-state index contributed by atoms with van der Waals surface area (Å²) >= 11 is 0. The number of carboxylic acid groups (broad SMARTS) is 1. The molecule has 0 bridgehead atoms. The molecule has 0 radical (unpaired) electrons. The Morgan fingerprint density at radius 1 is 1.29 bits per heavy atom. The molecular weight excluding hydrogens is 324 g/mol. The first kappa shape index (κ1) is 18.8. The van der Waals surface area contributed by atoms with Crippen LogP contribution in [-0.4, -0.2) is 75.1 Å². The summed E-state index contributed by atoms with van der Waals surface area (Å²) in [5, 5.41) is 47.8. The number of rotatable bonds is 4. The molecule has 24 heavy (non-hydrogen) atoms. The zero-order valence-corrected chi connectivity index (χ0v) is 13.3. The lowest BCUT2D eigenvalue weighted by molar-refractivity contribution is -0.327. The van der Waals surface area contributed by atoms with Crippen molar-refractivity contribution in [2.75, 3.05) is 6.61 Å². The number of allylic oxidation sites excluding steroid dienone is 1. The van der Waals surface area contributed by atoms with Gasteiger partial charge in [-0.15, -0.1) is 0 Å². The lowest BCUT2D eigenvalue weighted by Crippen LogP contribution is -2.60. The van der Waals surface area contributed by atoms with Gasteiger partial charge in [0.05, 0.1) is 18.4 Å². The van der Waals surface area contributed by atoms with Gasteiger partial charge >= 0.3 is 5.97 Å². The van der Waals surface area contributed by atoms with Gasteiger partial charge in [0.2, 0.25) is 6.29 Å². The maximum Gasteiger partial charge on any atom is 0.335 e. The second kappa shape index (κ2) is 7.60. The van der Waals surface area contributed by atoms with Crippen molar-refractivity contribution in [1.82, 2.24) is 0 Å². The average molecular weight is 346 g/mol. The summed E-state index contributed by atoms with van der Waals surface area (Å²) in [7, 11) is 0. The fourth-order valence-corrected chi connectivity index (χ4v) is 2.73. The van der Waals surface area contributed by atoms with Gasteiger partial charge in [0.15, 0.2) is 6.29 Å². The molecule has 2 heterocycles. The Bertz CT molecular complexity index is 527. The number of carboxylic acids is 1. The Kier molecular flexibility index (Phi) is 5.97. The first-order valence-corrected chi connectivity index (χ1v) is 7.52. The summed E-state index contributed by atoms with van der Waals surface area (Å²) in [5.74, 6) is -1.61. The number of aliphatic hydroxyl groups excluding tert-OH is 4. The zero-order valence-electron chi connectivity index (χ0n) is 13.3. The Labute approximate surface area is 138 Å². The van der Waals surface area contributed by atoms with Crippen LogP contribution in [0.2, 0.25) is 0 Å². The van der Waals surface area contributed by atoms with Crippen molar-refractivity contribution in [2.45, 2.75) is 50.8 Å². The third-order valence-corrected chi connectivity index (χ3v) is 4.24. The topological polar surface area (TPSA) is 146 Å². The van der Waals surface area contributed by atoms with Crippen molar-refractivity contribution in [3.63, 3.8) is 0 Å². The number of aliphatic carboxylic acids is 1. The first-order chi connectivity index (χ1) is 11.3. The van der Waals surface area contributed by atoms with Crippen LogP contribution in [0.3, 0.4) is 0 Å². The molecule has 0 aromatic heterocycles. The molecule has 0 aromatic carbocycles. The summed E-state index contributed by atoms with van der Waals surface area (Å²) in [6, 6.07) is 0. The highest BCUT2D eigenvalue weighted by Gasteiger charge is 2.46. The maximum absolute atomic E-state index is 11.2. The Hall–Kier alpha value is -1.49. The quantitative estimate of drug-likeness (QED) is 0.392. The Morgan fingerprint density at radius 2 is 1.96 bits per heavy atom. The van der Waals surface area contributed by atoms with E-state index in [1.54, 1.807) is 19.9 Å². The molecule has 136 valence electrons. The average Bonchev–Trinajstić information content (AvgIpc) is 2.55. The molecule has 5 N–H and O–H groups in total. The van der Waals surface area contributed by atoms with Crippen LogP contribution in [-0.2, 0) is 19.0 Å². The van der Waals surface area contributed by atoms with Crippen LogP contribution in [0, 0.1) is 5.92 Å². The van der Waals surface area contributed by atoms with Gasteiger partial charge in [0.1, 0.15) is 24.4 Å². The molecule has 0 aromatic rings. The van der Waals surface area contributed by atoms with Crippen LogP contribution >= 0.6 is 0 Å². The van der Waals surface area contributed by atoms with Crippen molar-refractivity contribution >= 4 is 5.97 Å². The highest BCUT2D eigenvalue weighted by Crippen LogP contribution is 2.33. The SMILES string of the molecule is C/C=C1\C(C)C(C(=O)O)=CO[C@H]1O[C@@H]1O[C@H](CO)[C@@H](O)[C@H](O)[C@H]1O. The van der Waals surface area contributed by atoms with Crippen LogP contribution < -0.4 is 0 Å². The molecule has 1 saturated heterocycles. The van der Waals surface area contributed by atoms with E-state index >= 15 is 0 Å². The van der Waals surface area contributed by atoms with Gasteiger partial charge in [-0.1, -0.05) is 13.0 Å². The summed E-state index contributed by atoms with van der Waals surface area (Å²) in [5.41, 5.74) is 0.559. The monoisotopic (exact) mass is 346 g/mol. The van der Waals surface area contributed by atoms with Crippen molar-refractivity contribution in [3.8, 4) is 0 Å². The molecule has 7 atom stereocenters. The van der Waals surface area contributed by atoms with Gasteiger partial charge in [0, 0.05) is 11.5 Å². The largest absolute Gasteiger partial charge is 0.478 e. The van der Waals surface area contributed by atoms with Crippen molar-refractivity contribution in [2.24, 2.45) is 5.92 Å². The van der Waals surface area contributed by atoms with Gasteiger partial charge in [0.25, 0.3) is 0 Å². The molecule has 9 heteroatoms. The normalized spacial score (nSPS) is 41.7. The van der Waals surface area contributed by atoms with E-state index in [2.05, 4.69) is 0 Å². The second-order valence-corrected chi connectivity index (χ2v) is 5.69. The van der Waals surface area contributed by atoms with E-state index in [1.807, 2.05) is 0 Å². The van der Waals surface area contributed by atoms with Crippen molar-refractivity contribution in [1.29, 1.82) is 0 Å². The summed E-state index contributed by atoms with van der Waals surface area (Å²) in [4.78, 5) is 11.2. The highest BCUT2D eigenvalue weighted by atomic mass is 16.8. The second-order valence-electron chi connectivity index (χ2n) is 5.69. The highest BCUT2D eigenvalue weighted by molar-refractivity contribution is 5.87. The maximum atomic E-state index is 11.2. The number of ether oxygens (including phenoxy) is 3. The summed E-state index contributed by atoms with van der Waals surface area (Å²) in [6.45, 7) is 2.78. The molecule has 0 saturated carbocycles. The van der Waals surface area contributed by atoms with E-state index in [9.17, 15) is 25.2 Å². The Morgan fingerprint density at radius 3 is 2.50 bits per heavy atom. The minimum Gasteiger partial charge on any atom is -0.478 e. The molecule has 9 nitrogen and oxygen atoms in total. The molecule has 0 aliphatic carbocycles. The zero-order chi connectivity index (χ0) is 18.0. The first-order valence-electron chi connectivity index (χ1n) is 7.52. The van der Waals surface area contributed by atoms with Gasteiger partial charge in [-0.05, 0) is 6.92 Å². The molecule has 2 rings (SSSR count). The van der Waals surface area contributed by atoms with Crippen molar-refractivity contribution in [3.05, 3.63) is 23.5 Å². The van der Waals surface area contributed by atoms with Crippen LogP contribution in [0.4, 0.5) is 0 Å². The number of hydrogen-bond donors (Lipinski definition) is 5. The number of carbonyl (C=O) groups is 1. The van der Waals surface area contributed by atoms with Crippen LogP contribution in [0.5, 0.6) is 0 Å². The fraction of sp³-hybridized carbons (Fsp3) is 0.667. The van der Waals surface area contributed by atoms with Crippen LogP contribution in [0.15, 0.2) is 23.5 Å². The molecule has 2 aliphatic heterocycles. The van der Waals surface area contributed by atoms with Gasteiger partial charge in [-0.2, -0.15) is 0 Å². The van der Waals surface area contributed by atoms with Crippen LogP contribution in [0.25, 0.3) is 0 Å². The molecule has 0 spiro atoms. The Balaban J connectivity index is 2.16. The van der Waals surface area contributed by atoms with E-state index < -0.39 is 55.5 Å². The molecular formula is C15H22O9. The number of hydrogen-bond acceptors (Lipinski definition) is 8. The van der Waals surface area contributed by atoms with Gasteiger partial charge < -0.3 is 39.7 Å². The predicted octanol–water partition coefficient (Wildman–Crippen LogP) is -1.29. The summed E-state index contributed by atoms with van der Waals surface area (Å²) < 4.78 is 16.1. The van der Waals surface area contributed by atoms with Crippen molar-refractivity contribution < 1.29 is 44.5 Å². The van der Waals surface area contributed by atoms with Gasteiger partial charge in [-0.25, -0.2) is 4.79 Å². The molecule has 1 unspecified atom stereocenters. The molecule has 0 amide bonds. The lowest BCUT2D eigenvalue weighted by atomic mass is 9.91. The lowest BCUT2D eigenvalue weighted by Gasteiger charge is -2.41. The summed E-state index contributed by atoms with van der Waals surface area (Å²) in [6.07, 6.45) is -5.43. The molecule has 1 fully saturated rings. The van der Waals surface area contributed by atoms with Crippen LogP contribution in [0.1, 0.15) is 13.8 Å². The minimum atomic E-state index is -1.57. The third-order valence-electron chi connectivity index (χ3n) is 4.24.